The lowest BCUT2D eigenvalue weighted by Gasteiger charge is -2.13. The second kappa shape index (κ2) is 7.82. The Morgan fingerprint density at radius 1 is 1.19 bits per heavy atom. The molecule has 7 heteroatoms. The molecule has 0 fully saturated rings. The summed E-state index contributed by atoms with van der Waals surface area (Å²) in [5.74, 6) is 0.130. The molecule has 0 aliphatic heterocycles. The van der Waals surface area contributed by atoms with Crippen LogP contribution in [0.5, 0.6) is 5.75 Å². The highest BCUT2D eigenvalue weighted by atomic mass is 19.1. The van der Waals surface area contributed by atoms with Crippen molar-refractivity contribution in [3.8, 4) is 17.1 Å². The first kappa shape index (κ1) is 18.3. The van der Waals surface area contributed by atoms with Crippen LogP contribution in [0.3, 0.4) is 0 Å². The molecule has 0 spiro atoms. The van der Waals surface area contributed by atoms with Gasteiger partial charge in [0.1, 0.15) is 23.9 Å². The van der Waals surface area contributed by atoms with Gasteiger partial charge in [0.05, 0.1) is 7.11 Å². The van der Waals surface area contributed by atoms with Crippen LogP contribution in [0.2, 0.25) is 0 Å². The molecule has 0 radical (unpaired) electrons. The van der Waals surface area contributed by atoms with E-state index in [2.05, 4.69) is 10.3 Å². The lowest BCUT2D eigenvalue weighted by atomic mass is 10.2. The number of ether oxygens (including phenoxy) is 1. The number of benzene rings is 2. The molecular formula is C20H18FN3O3. The summed E-state index contributed by atoms with van der Waals surface area (Å²) in [5, 5.41) is 2.73. The van der Waals surface area contributed by atoms with Gasteiger partial charge in [0.2, 0.25) is 5.91 Å². The van der Waals surface area contributed by atoms with Gasteiger partial charge < -0.3 is 10.1 Å². The summed E-state index contributed by atoms with van der Waals surface area (Å²) in [5.41, 5.74) is 1.26. The highest BCUT2D eigenvalue weighted by Crippen LogP contribution is 2.18. The first-order valence-corrected chi connectivity index (χ1v) is 8.24. The average molecular weight is 367 g/mol. The van der Waals surface area contributed by atoms with Crippen molar-refractivity contribution >= 4 is 11.6 Å². The van der Waals surface area contributed by atoms with Gasteiger partial charge in [-0.05, 0) is 43.3 Å². The highest BCUT2D eigenvalue weighted by molar-refractivity contribution is 5.91. The van der Waals surface area contributed by atoms with Crippen molar-refractivity contribution in [2.24, 2.45) is 0 Å². The zero-order valence-corrected chi connectivity index (χ0v) is 14.9. The van der Waals surface area contributed by atoms with Crippen molar-refractivity contribution in [3.63, 3.8) is 0 Å². The summed E-state index contributed by atoms with van der Waals surface area (Å²) in [7, 11) is 1.54. The molecule has 0 unspecified atom stereocenters. The third-order valence-electron chi connectivity index (χ3n) is 3.89. The average Bonchev–Trinajstić information content (AvgIpc) is 2.64. The molecule has 1 N–H and O–H groups in total. The maximum atomic E-state index is 13.2. The van der Waals surface area contributed by atoms with E-state index in [4.69, 9.17) is 4.74 Å². The van der Waals surface area contributed by atoms with E-state index in [9.17, 15) is 14.0 Å². The number of amides is 1. The molecule has 0 aliphatic rings. The molecule has 0 atom stereocenters. The number of aromatic nitrogens is 2. The second-order valence-electron chi connectivity index (χ2n) is 5.93. The fraction of sp³-hybridized carbons (Fsp3) is 0.150. The van der Waals surface area contributed by atoms with Crippen molar-refractivity contribution in [2.45, 2.75) is 13.5 Å². The number of halogens is 1. The smallest absolute Gasteiger partial charge is 0.254 e. The Kier molecular flexibility index (Phi) is 5.30. The monoisotopic (exact) mass is 367 g/mol. The van der Waals surface area contributed by atoms with Crippen molar-refractivity contribution in [1.82, 2.24) is 9.55 Å². The first-order valence-electron chi connectivity index (χ1n) is 8.24. The minimum absolute atomic E-state index is 0.226. The van der Waals surface area contributed by atoms with Gasteiger partial charge in [-0.25, -0.2) is 9.37 Å². The van der Waals surface area contributed by atoms with Crippen LogP contribution >= 0.6 is 0 Å². The van der Waals surface area contributed by atoms with E-state index in [1.165, 1.54) is 42.0 Å². The molecule has 3 rings (SSSR count). The molecule has 3 aromatic rings. The van der Waals surface area contributed by atoms with Gasteiger partial charge in [-0.15, -0.1) is 0 Å². The van der Waals surface area contributed by atoms with E-state index in [1.807, 2.05) is 0 Å². The van der Waals surface area contributed by atoms with Gasteiger partial charge in [-0.1, -0.05) is 6.07 Å². The van der Waals surface area contributed by atoms with Crippen LogP contribution in [0.25, 0.3) is 11.4 Å². The molecule has 138 valence electrons. The van der Waals surface area contributed by atoms with Crippen molar-refractivity contribution in [2.75, 3.05) is 12.4 Å². The van der Waals surface area contributed by atoms with Gasteiger partial charge in [-0.3, -0.25) is 14.2 Å². The quantitative estimate of drug-likeness (QED) is 0.752. The van der Waals surface area contributed by atoms with Crippen molar-refractivity contribution in [1.29, 1.82) is 0 Å². The summed E-state index contributed by atoms with van der Waals surface area (Å²) in [6, 6.07) is 13.9. The van der Waals surface area contributed by atoms with E-state index in [-0.39, 0.29) is 18.0 Å². The molecule has 2 aromatic carbocycles. The number of nitrogens with one attached hydrogen (secondary N) is 1. The number of aryl methyl sites for hydroxylation is 1. The minimum Gasteiger partial charge on any atom is -0.497 e. The number of hydrogen-bond donors (Lipinski definition) is 1. The predicted octanol–water partition coefficient (Wildman–Crippen LogP) is 3.01. The standard InChI is InChI=1S/C20H18FN3O3/c1-13-10-19(26)24(20(22-13)14-6-8-15(21)9-7-14)12-18(25)23-16-4-3-5-17(11-16)27-2/h3-11H,12H2,1-2H3,(H,23,25). The molecular weight excluding hydrogens is 349 g/mol. The van der Waals surface area contributed by atoms with Gasteiger partial charge in [0.15, 0.2) is 0 Å². The molecule has 27 heavy (non-hydrogen) atoms. The van der Waals surface area contributed by atoms with E-state index >= 15 is 0 Å². The lowest BCUT2D eigenvalue weighted by molar-refractivity contribution is -0.116. The van der Waals surface area contributed by atoms with Gasteiger partial charge in [0.25, 0.3) is 5.56 Å². The maximum absolute atomic E-state index is 13.2. The predicted molar refractivity (Wildman–Crippen MR) is 100 cm³/mol. The lowest BCUT2D eigenvalue weighted by Crippen LogP contribution is -2.29. The van der Waals surface area contributed by atoms with Crippen molar-refractivity contribution in [3.05, 3.63) is 76.5 Å². The zero-order chi connectivity index (χ0) is 19.4. The Morgan fingerprint density at radius 3 is 2.63 bits per heavy atom. The highest BCUT2D eigenvalue weighted by Gasteiger charge is 2.13. The third kappa shape index (κ3) is 4.38. The topological polar surface area (TPSA) is 73.2 Å². The number of carbonyl (C=O) groups is 1. The minimum atomic E-state index is -0.393. The Hall–Kier alpha value is -3.48. The molecule has 1 heterocycles. The maximum Gasteiger partial charge on any atom is 0.254 e. The number of carbonyl (C=O) groups excluding carboxylic acids is 1. The summed E-state index contributed by atoms with van der Waals surface area (Å²) in [4.78, 5) is 29.3. The number of anilines is 1. The van der Waals surface area contributed by atoms with Crippen LogP contribution in [0.15, 0.2) is 59.4 Å². The Balaban J connectivity index is 1.90. The molecule has 1 amide bonds. The zero-order valence-electron chi connectivity index (χ0n) is 14.9. The van der Waals surface area contributed by atoms with Gasteiger partial charge in [-0.2, -0.15) is 0 Å². The number of nitrogens with zero attached hydrogens (tertiary/aromatic N) is 2. The Labute approximate surface area is 155 Å². The summed E-state index contributed by atoms with van der Waals surface area (Å²) in [6.45, 7) is 1.46. The van der Waals surface area contributed by atoms with E-state index in [1.54, 1.807) is 31.2 Å². The van der Waals surface area contributed by atoms with Gasteiger partial charge in [0, 0.05) is 29.1 Å². The van der Waals surface area contributed by atoms with E-state index < -0.39 is 5.82 Å². The summed E-state index contributed by atoms with van der Waals surface area (Å²) >= 11 is 0. The molecule has 0 saturated heterocycles. The second-order valence-corrected chi connectivity index (χ2v) is 5.93. The number of rotatable bonds is 5. The molecule has 0 saturated carbocycles. The van der Waals surface area contributed by atoms with Crippen LogP contribution in [0.1, 0.15) is 5.69 Å². The SMILES string of the molecule is COc1cccc(NC(=O)Cn2c(-c3ccc(F)cc3)nc(C)cc2=O)c1. The summed E-state index contributed by atoms with van der Waals surface area (Å²) in [6.07, 6.45) is 0. The first-order chi connectivity index (χ1) is 13.0. The Bertz CT molecular complexity index is 1030. The molecule has 0 bridgehead atoms. The van der Waals surface area contributed by atoms with Gasteiger partial charge >= 0.3 is 0 Å². The molecule has 0 aliphatic carbocycles. The number of methoxy groups -OCH3 is 1. The third-order valence-corrected chi connectivity index (χ3v) is 3.89. The van der Waals surface area contributed by atoms with Crippen LogP contribution in [0, 0.1) is 12.7 Å². The fourth-order valence-electron chi connectivity index (χ4n) is 2.64. The van der Waals surface area contributed by atoms with Crippen LogP contribution in [-0.4, -0.2) is 22.6 Å². The number of hydrogen-bond acceptors (Lipinski definition) is 4. The normalized spacial score (nSPS) is 10.5. The van der Waals surface area contributed by atoms with Crippen LogP contribution in [0.4, 0.5) is 10.1 Å². The largest absolute Gasteiger partial charge is 0.497 e. The molecule has 1 aromatic heterocycles. The fourth-order valence-corrected chi connectivity index (χ4v) is 2.64. The van der Waals surface area contributed by atoms with Crippen molar-refractivity contribution < 1.29 is 13.9 Å². The van der Waals surface area contributed by atoms with E-state index in [0.717, 1.165) is 0 Å². The summed E-state index contributed by atoms with van der Waals surface area (Å²) < 4.78 is 19.6. The Morgan fingerprint density at radius 2 is 1.93 bits per heavy atom. The molecule has 6 nitrogen and oxygen atoms in total. The van der Waals surface area contributed by atoms with Crippen LogP contribution < -0.4 is 15.6 Å². The van der Waals surface area contributed by atoms with E-state index in [0.29, 0.717) is 28.5 Å². The van der Waals surface area contributed by atoms with Crippen LogP contribution in [-0.2, 0) is 11.3 Å².